The number of carboxylic acids is 1. The molecule has 1 amide bonds. The number of benzene rings is 1. The second-order valence-electron chi connectivity index (χ2n) is 4.90. The minimum absolute atomic E-state index is 0.0340. The summed E-state index contributed by atoms with van der Waals surface area (Å²) in [5.74, 6) is -1.38. The lowest BCUT2D eigenvalue weighted by molar-refractivity contribution is -0.898. The standard InChI is InChI=1S/C15H18N2O3/c1-2-6-16-7-9-17(10-8-16)14(18)12-4-3-5-13(11-12)15(19)20/h2-5,11H,1,6-10H2,(H,19,20). The van der Waals surface area contributed by atoms with Gasteiger partial charge in [-0.1, -0.05) is 18.7 Å². The third kappa shape index (κ3) is 3.24. The Morgan fingerprint density at radius 1 is 1.30 bits per heavy atom. The molecule has 106 valence electrons. The van der Waals surface area contributed by atoms with E-state index in [0.717, 1.165) is 19.6 Å². The average Bonchev–Trinajstić information content (AvgIpc) is 2.48. The molecule has 1 aliphatic rings. The summed E-state index contributed by atoms with van der Waals surface area (Å²) in [7, 11) is 0. The summed E-state index contributed by atoms with van der Waals surface area (Å²) in [6.07, 6.45) is 1.89. The van der Waals surface area contributed by atoms with E-state index in [1.165, 1.54) is 17.0 Å². The number of nitrogens with one attached hydrogen (secondary N) is 1. The molecule has 1 aromatic rings. The molecular weight excluding hydrogens is 256 g/mol. The van der Waals surface area contributed by atoms with Gasteiger partial charge in [-0.3, -0.25) is 4.79 Å². The van der Waals surface area contributed by atoms with Gasteiger partial charge in [-0.25, -0.2) is 0 Å². The lowest BCUT2D eigenvalue weighted by Gasteiger charge is -2.31. The van der Waals surface area contributed by atoms with E-state index in [4.69, 9.17) is 0 Å². The average molecular weight is 274 g/mol. The number of hydrogen-bond acceptors (Lipinski definition) is 3. The van der Waals surface area contributed by atoms with Crippen molar-refractivity contribution in [2.75, 3.05) is 32.7 Å². The van der Waals surface area contributed by atoms with Gasteiger partial charge in [0, 0.05) is 5.56 Å². The third-order valence-corrected chi connectivity index (χ3v) is 3.54. The van der Waals surface area contributed by atoms with Crippen LogP contribution in [0.2, 0.25) is 0 Å². The summed E-state index contributed by atoms with van der Waals surface area (Å²) in [4.78, 5) is 26.3. The maximum atomic E-state index is 12.3. The van der Waals surface area contributed by atoms with Gasteiger partial charge in [-0.15, -0.1) is 0 Å². The number of hydrogen-bond donors (Lipinski definition) is 1. The van der Waals surface area contributed by atoms with Gasteiger partial charge in [-0.2, -0.15) is 0 Å². The van der Waals surface area contributed by atoms with Crippen LogP contribution in [-0.2, 0) is 0 Å². The topological polar surface area (TPSA) is 64.9 Å². The molecule has 0 saturated carbocycles. The minimum atomic E-state index is -1.26. The van der Waals surface area contributed by atoms with Gasteiger partial charge in [0.05, 0.1) is 38.7 Å². The number of carboxylic acid groups (broad SMARTS) is 1. The summed E-state index contributed by atoms with van der Waals surface area (Å²) in [6.45, 7) is 7.75. The van der Waals surface area contributed by atoms with Crippen molar-refractivity contribution in [2.45, 2.75) is 0 Å². The zero-order valence-electron chi connectivity index (χ0n) is 11.3. The fraction of sp³-hybridized carbons (Fsp3) is 0.333. The van der Waals surface area contributed by atoms with Crippen LogP contribution >= 0.6 is 0 Å². The fourth-order valence-electron chi connectivity index (χ4n) is 2.40. The second-order valence-corrected chi connectivity index (χ2v) is 4.90. The molecule has 20 heavy (non-hydrogen) atoms. The first-order valence-corrected chi connectivity index (χ1v) is 6.67. The molecule has 1 fully saturated rings. The number of carbonyl (C=O) groups is 2. The highest BCUT2D eigenvalue weighted by atomic mass is 16.4. The van der Waals surface area contributed by atoms with E-state index in [2.05, 4.69) is 6.58 Å². The lowest BCUT2D eigenvalue weighted by atomic mass is 10.1. The van der Waals surface area contributed by atoms with Crippen LogP contribution in [0.3, 0.4) is 0 Å². The Kier molecular flexibility index (Phi) is 4.53. The fourth-order valence-corrected chi connectivity index (χ4v) is 2.40. The number of amides is 1. The number of aromatic carboxylic acids is 1. The molecule has 1 heterocycles. The molecule has 0 aliphatic carbocycles. The van der Waals surface area contributed by atoms with Gasteiger partial charge in [0.1, 0.15) is 0 Å². The van der Waals surface area contributed by atoms with Crippen molar-refractivity contribution in [1.82, 2.24) is 4.90 Å². The Morgan fingerprint density at radius 3 is 2.55 bits per heavy atom. The van der Waals surface area contributed by atoms with Crippen molar-refractivity contribution in [3.8, 4) is 0 Å². The molecular formula is C15H18N2O3. The largest absolute Gasteiger partial charge is 0.545 e. The zero-order chi connectivity index (χ0) is 14.5. The van der Waals surface area contributed by atoms with E-state index < -0.39 is 5.97 Å². The van der Waals surface area contributed by atoms with Crippen LogP contribution in [0.15, 0.2) is 36.9 Å². The van der Waals surface area contributed by atoms with Gasteiger partial charge < -0.3 is 19.7 Å². The Hall–Kier alpha value is -2.14. The summed E-state index contributed by atoms with van der Waals surface area (Å²) in [5.41, 5.74) is 0.436. The molecule has 0 bridgehead atoms. The van der Waals surface area contributed by atoms with E-state index in [0.29, 0.717) is 18.7 Å². The van der Waals surface area contributed by atoms with Gasteiger partial charge in [-0.05, 0) is 23.8 Å². The van der Waals surface area contributed by atoms with Gasteiger partial charge in [0.15, 0.2) is 0 Å². The van der Waals surface area contributed by atoms with E-state index in [9.17, 15) is 14.7 Å². The predicted octanol–water partition coefficient (Wildman–Crippen LogP) is -1.42. The molecule has 1 N–H and O–H groups in total. The highest BCUT2D eigenvalue weighted by Crippen LogP contribution is 2.08. The Balaban J connectivity index is 2.03. The van der Waals surface area contributed by atoms with E-state index >= 15 is 0 Å². The first-order chi connectivity index (χ1) is 9.61. The number of piperazine rings is 1. The van der Waals surface area contributed by atoms with Gasteiger partial charge in [0.25, 0.3) is 5.91 Å². The quantitative estimate of drug-likeness (QED) is 0.685. The molecule has 1 aliphatic heterocycles. The van der Waals surface area contributed by atoms with Crippen molar-refractivity contribution in [3.63, 3.8) is 0 Å². The molecule has 1 saturated heterocycles. The van der Waals surface area contributed by atoms with Crippen LogP contribution in [0.5, 0.6) is 0 Å². The van der Waals surface area contributed by atoms with Crippen LogP contribution in [0.4, 0.5) is 0 Å². The SMILES string of the molecule is C=CC[NH+]1CCN(C(=O)c2cccc(C(=O)[O-])c2)CC1. The molecule has 0 radical (unpaired) electrons. The normalized spacial score (nSPS) is 15.9. The summed E-state index contributed by atoms with van der Waals surface area (Å²) in [5, 5.41) is 10.8. The molecule has 0 aromatic heterocycles. The second kappa shape index (κ2) is 6.34. The first-order valence-electron chi connectivity index (χ1n) is 6.67. The van der Waals surface area contributed by atoms with Crippen molar-refractivity contribution >= 4 is 11.9 Å². The highest BCUT2D eigenvalue weighted by Gasteiger charge is 2.23. The third-order valence-electron chi connectivity index (χ3n) is 3.54. The summed E-state index contributed by atoms with van der Waals surface area (Å²) in [6, 6.07) is 6.01. The van der Waals surface area contributed by atoms with Crippen LogP contribution in [0.25, 0.3) is 0 Å². The van der Waals surface area contributed by atoms with E-state index in [1.807, 2.05) is 6.08 Å². The molecule has 0 atom stereocenters. The smallest absolute Gasteiger partial charge is 0.254 e. The maximum Gasteiger partial charge on any atom is 0.254 e. The van der Waals surface area contributed by atoms with E-state index in [1.54, 1.807) is 17.0 Å². The van der Waals surface area contributed by atoms with Gasteiger partial charge >= 0.3 is 0 Å². The Morgan fingerprint density at radius 2 is 1.95 bits per heavy atom. The number of nitrogens with zero attached hydrogens (tertiary/aromatic N) is 1. The molecule has 2 rings (SSSR count). The molecule has 5 nitrogen and oxygen atoms in total. The molecule has 5 heteroatoms. The maximum absolute atomic E-state index is 12.3. The highest BCUT2D eigenvalue weighted by molar-refractivity contribution is 5.97. The monoisotopic (exact) mass is 274 g/mol. The molecule has 0 unspecified atom stereocenters. The number of rotatable bonds is 4. The van der Waals surface area contributed by atoms with Crippen molar-refractivity contribution in [2.24, 2.45) is 0 Å². The van der Waals surface area contributed by atoms with Gasteiger partial charge in [0.2, 0.25) is 0 Å². The van der Waals surface area contributed by atoms with Crippen LogP contribution in [0, 0.1) is 0 Å². The van der Waals surface area contributed by atoms with Crippen LogP contribution in [0.1, 0.15) is 20.7 Å². The Labute approximate surface area is 118 Å². The molecule has 1 aromatic carbocycles. The summed E-state index contributed by atoms with van der Waals surface area (Å²) < 4.78 is 0. The van der Waals surface area contributed by atoms with Crippen molar-refractivity contribution in [1.29, 1.82) is 0 Å². The number of carbonyl (C=O) groups excluding carboxylic acids is 2. The zero-order valence-corrected chi connectivity index (χ0v) is 11.3. The van der Waals surface area contributed by atoms with Crippen molar-refractivity contribution < 1.29 is 19.6 Å². The minimum Gasteiger partial charge on any atom is -0.545 e. The summed E-state index contributed by atoms with van der Waals surface area (Å²) >= 11 is 0. The van der Waals surface area contributed by atoms with E-state index in [-0.39, 0.29) is 11.5 Å². The van der Waals surface area contributed by atoms with Crippen molar-refractivity contribution in [3.05, 3.63) is 48.0 Å². The lowest BCUT2D eigenvalue weighted by Crippen LogP contribution is -3.14. The van der Waals surface area contributed by atoms with Crippen LogP contribution < -0.4 is 10.0 Å². The van der Waals surface area contributed by atoms with Crippen LogP contribution in [-0.4, -0.2) is 49.5 Å². The Bertz CT molecular complexity index is 520. The molecule has 0 spiro atoms. The predicted molar refractivity (Wildman–Crippen MR) is 72.4 cm³/mol. The number of quaternary nitrogens is 1. The first kappa shape index (κ1) is 14.3.